The number of hydrazone groups is 1. The fraction of sp³-hybridized carbons (Fsp3) is 0.111. The Labute approximate surface area is 193 Å². The zero-order valence-electron chi connectivity index (χ0n) is 18.4. The lowest BCUT2D eigenvalue weighted by molar-refractivity contribution is 0.0955. The Morgan fingerprint density at radius 2 is 1.34 bits per heavy atom. The SMILES string of the molecule is Cc1ccc(Sc2ccc(/C=N\NC(=O)c3ccc(-n4c(C)ccc4C)cc3)cc2)cc1. The molecule has 0 saturated heterocycles. The van der Waals surface area contributed by atoms with Crippen LogP contribution in [0.2, 0.25) is 0 Å². The van der Waals surface area contributed by atoms with Crippen molar-refractivity contribution in [3.8, 4) is 5.69 Å². The fourth-order valence-electron chi connectivity index (χ4n) is 3.43. The smallest absolute Gasteiger partial charge is 0.271 e. The number of nitrogens with zero attached hydrogens (tertiary/aromatic N) is 2. The van der Waals surface area contributed by atoms with Gasteiger partial charge in [0.1, 0.15) is 0 Å². The molecule has 0 bridgehead atoms. The minimum absolute atomic E-state index is 0.236. The van der Waals surface area contributed by atoms with Gasteiger partial charge in [-0.1, -0.05) is 41.6 Å². The van der Waals surface area contributed by atoms with Crippen LogP contribution in [0.3, 0.4) is 0 Å². The Bertz CT molecular complexity index is 1220. The molecular weight excluding hydrogens is 414 g/mol. The van der Waals surface area contributed by atoms with Crippen LogP contribution in [-0.4, -0.2) is 16.7 Å². The molecule has 0 aliphatic heterocycles. The quantitative estimate of drug-likeness (QED) is 0.282. The number of aryl methyl sites for hydroxylation is 3. The first-order chi connectivity index (χ1) is 15.5. The topological polar surface area (TPSA) is 46.4 Å². The minimum Gasteiger partial charge on any atom is -0.319 e. The maximum atomic E-state index is 12.4. The van der Waals surface area contributed by atoms with Crippen molar-refractivity contribution in [2.75, 3.05) is 0 Å². The van der Waals surface area contributed by atoms with Crippen molar-refractivity contribution in [2.45, 2.75) is 30.6 Å². The van der Waals surface area contributed by atoms with Gasteiger partial charge >= 0.3 is 0 Å². The molecule has 0 unspecified atom stereocenters. The Balaban J connectivity index is 1.34. The zero-order chi connectivity index (χ0) is 22.5. The Morgan fingerprint density at radius 3 is 1.94 bits per heavy atom. The Kier molecular flexibility index (Phi) is 6.57. The summed E-state index contributed by atoms with van der Waals surface area (Å²) in [4.78, 5) is 14.8. The van der Waals surface area contributed by atoms with Crippen molar-refractivity contribution in [3.05, 3.63) is 113 Å². The van der Waals surface area contributed by atoms with Crippen molar-refractivity contribution >= 4 is 23.9 Å². The number of amides is 1. The summed E-state index contributed by atoms with van der Waals surface area (Å²) in [6, 6.07) is 28.2. The molecule has 1 N–H and O–H groups in total. The van der Waals surface area contributed by atoms with Crippen LogP contribution >= 0.6 is 11.8 Å². The third-order valence-electron chi connectivity index (χ3n) is 5.18. The molecular formula is C27H25N3OS. The van der Waals surface area contributed by atoms with Crippen LogP contribution < -0.4 is 5.43 Å². The Hall–Kier alpha value is -3.57. The van der Waals surface area contributed by atoms with Gasteiger partial charge in [0.2, 0.25) is 0 Å². The molecule has 0 spiro atoms. The highest BCUT2D eigenvalue weighted by molar-refractivity contribution is 7.99. The predicted octanol–water partition coefficient (Wildman–Crippen LogP) is 6.32. The molecule has 1 heterocycles. The van der Waals surface area contributed by atoms with E-state index in [0.29, 0.717) is 5.56 Å². The Morgan fingerprint density at radius 1 is 0.781 bits per heavy atom. The maximum Gasteiger partial charge on any atom is 0.271 e. The number of aromatic nitrogens is 1. The van der Waals surface area contributed by atoms with E-state index in [1.165, 1.54) is 10.5 Å². The molecule has 160 valence electrons. The van der Waals surface area contributed by atoms with Gasteiger partial charge < -0.3 is 4.57 Å². The van der Waals surface area contributed by atoms with E-state index in [-0.39, 0.29) is 5.91 Å². The van der Waals surface area contributed by atoms with E-state index in [1.807, 2.05) is 36.4 Å². The normalized spacial score (nSPS) is 11.1. The summed E-state index contributed by atoms with van der Waals surface area (Å²) < 4.78 is 2.15. The monoisotopic (exact) mass is 439 g/mol. The number of carbonyl (C=O) groups excluding carboxylic acids is 1. The zero-order valence-corrected chi connectivity index (χ0v) is 19.2. The molecule has 0 aliphatic carbocycles. The average molecular weight is 440 g/mol. The molecule has 3 aromatic carbocycles. The first-order valence-corrected chi connectivity index (χ1v) is 11.2. The summed E-state index contributed by atoms with van der Waals surface area (Å²) >= 11 is 1.72. The van der Waals surface area contributed by atoms with Gasteiger partial charge in [-0.2, -0.15) is 5.10 Å². The lowest BCUT2D eigenvalue weighted by atomic mass is 10.2. The van der Waals surface area contributed by atoms with Crippen molar-refractivity contribution < 1.29 is 4.79 Å². The molecule has 0 radical (unpaired) electrons. The van der Waals surface area contributed by atoms with Crippen LogP contribution in [0.1, 0.15) is 32.9 Å². The average Bonchev–Trinajstić information content (AvgIpc) is 3.14. The molecule has 1 aromatic heterocycles. The number of hydrogen-bond acceptors (Lipinski definition) is 3. The van der Waals surface area contributed by atoms with Crippen molar-refractivity contribution in [3.63, 3.8) is 0 Å². The van der Waals surface area contributed by atoms with Crippen molar-refractivity contribution in [2.24, 2.45) is 5.10 Å². The molecule has 32 heavy (non-hydrogen) atoms. The molecule has 0 atom stereocenters. The second-order valence-corrected chi connectivity index (χ2v) is 8.83. The van der Waals surface area contributed by atoms with E-state index in [0.717, 1.165) is 27.5 Å². The van der Waals surface area contributed by atoms with Gasteiger partial charge in [0.05, 0.1) is 6.21 Å². The summed E-state index contributed by atoms with van der Waals surface area (Å²) in [5, 5.41) is 4.11. The third kappa shape index (κ3) is 5.18. The van der Waals surface area contributed by atoms with Crippen LogP contribution in [-0.2, 0) is 0 Å². The molecule has 0 aliphatic rings. The van der Waals surface area contributed by atoms with Crippen molar-refractivity contribution in [1.82, 2.24) is 9.99 Å². The summed E-state index contributed by atoms with van der Waals surface area (Å²) in [7, 11) is 0. The van der Waals surface area contributed by atoms with Crippen LogP contribution in [0, 0.1) is 20.8 Å². The molecule has 0 fully saturated rings. The van der Waals surface area contributed by atoms with E-state index in [1.54, 1.807) is 18.0 Å². The molecule has 4 rings (SSSR count). The largest absolute Gasteiger partial charge is 0.319 e. The molecule has 1 amide bonds. The second-order valence-electron chi connectivity index (χ2n) is 7.68. The standard InChI is InChI=1S/C27H25N3OS/c1-19-4-14-25(15-5-19)32-26-16-8-22(9-17-26)18-28-29-27(31)23-10-12-24(13-11-23)30-20(2)6-7-21(30)3/h4-18H,1-3H3,(H,29,31)/b28-18-. The molecule has 5 heteroatoms. The fourth-order valence-corrected chi connectivity index (χ4v) is 4.25. The van der Waals surface area contributed by atoms with E-state index < -0.39 is 0 Å². The van der Waals surface area contributed by atoms with Crippen LogP contribution in [0.15, 0.2) is 99.8 Å². The van der Waals surface area contributed by atoms with Gasteiger partial charge in [-0.25, -0.2) is 5.43 Å². The minimum atomic E-state index is -0.236. The van der Waals surface area contributed by atoms with Gasteiger partial charge in [-0.05, 0) is 87.0 Å². The van der Waals surface area contributed by atoms with Gasteiger partial charge in [0.25, 0.3) is 5.91 Å². The van der Waals surface area contributed by atoms with E-state index in [4.69, 9.17) is 0 Å². The van der Waals surface area contributed by atoms with E-state index >= 15 is 0 Å². The summed E-state index contributed by atoms with van der Waals surface area (Å²) in [5.41, 5.74) is 8.70. The molecule has 4 aromatic rings. The van der Waals surface area contributed by atoms with Crippen LogP contribution in [0.4, 0.5) is 0 Å². The molecule has 0 saturated carbocycles. The first-order valence-electron chi connectivity index (χ1n) is 10.4. The number of rotatable bonds is 6. The highest BCUT2D eigenvalue weighted by atomic mass is 32.2. The highest BCUT2D eigenvalue weighted by Gasteiger charge is 2.07. The maximum absolute atomic E-state index is 12.4. The molecule has 4 nitrogen and oxygen atoms in total. The van der Waals surface area contributed by atoms with Crippen LogP contribution in [0.25, 0.3) is 5.69 Å². The van der Waals surface area contributed by atoms with Crippen LogP contribution in [0.5, 0.6) is 0 Å². The predicted molar refractivity (Wildman–Crippen MR) is 132 cm³/mol. The van der Waals surface area contributed by atoms with Gasteiger partial charge in [-0.3, -0.25) is 4.79 Å². The van der Waals surface area contributed by atoms with Gasteiger partial charge in [0.15, 0.2) is 0 Å². The summed E-state index contributed by atoms with van der Waals surface area (Å²) in [6.07, 6.45) is 1.65. The van der Waals surface area contributed by atoms with Gasteiger partial charge in [0, 0.05) is 32.4 Å². The lowest BCUT2D eigenvalue weighted by Gasteiger charge is -2.10. The first kappa shape index (κ1) is 21.7. The van der Waals surface area contributed by atoms with E-state index in [9.17, 15) is 4.79 Å². The lowest BCUT2D eigenvalue weighted by Crippen LogP contribution is -2.17. The number of carbonyl (C=O) groups is 1. The number of hydrogen-bond donors (Lipinski definition) is 1. The second kappa shape index (κ2) is 9.71. The van der Waals surface area contributed by atoms with Crippen molar-refractivity contribution in [1.29, 1.82) is 0 Å². The number of nitrogens with one attached hydrogen (secondary N) is 1. The van der Waals surface area contributed by atoms with Gasteiger partial charge in [-0.15, -0.1) is 0 Å². The number of benzene rings is 3. The summed E-state index contributed by atoms with van der Waals surface area (Å²) in [6.45, 7) is 6.22. The summed E-state index contributed by atoms with van der Waals surface area (Å²) in [5.74, 6) is -0.236. The highest BCUT2D eigenvalue weighted by Crippen LogP contribution is 2.27. The third-order valence-corrected chi connectivity index (χ3v) is 6.19. The van der Waals surface area contributed by atoms with E-state index in [2.05, 4.69) is 84.4 Å².